The first-order valence-corrected chi connectivity index (χ1v) is 6.96. The molecule has 2 nitrogen and oxygen atoms in total. The number of halogens is 1. The number of nitrogens with one attached hydrogen (secondary N) is 1. The van der Waals surface area contributed by atoms with Crippen LogP contribution in [0.5, 0.6) is 0 Å². The molecule has 1 aromatic carbocycles. The van der Waals surface area contributed by atoms with Gasteiger partial charge in [0.1, 0.15) is 5.76 Å². The smallest absolute Gasteiger partial charge is 0.169 e. The van der Waals surface area contributed by atoms with E-state index in [1.807, 2.05) is 12.1 Å². The Morgan fingerprint density at radius 2 is 2.00 bits per heavy atom. The number of rotatable bonds is 5. The van der Waals surface area contributed by atoms with E-state index in [2.05, 4.69) is 59.4 Å². The zero-order chi connectivity index (χ0) is 13.0. The van der Waals surface area contributed by atoms with Crippen molar-refractivity contribution in [1.82, 2.24) is 5.32 Å². The molecule has 0 bridgehead atoms. The summed E-state index contributed by atoms with van der Waals surface area (Å²) in [6.45, 7) is 5.12. The van der Waals surface area contributed by atoms with E-state index < -0.39 is 0 Å². The summed E-state index contributed by atoms with van der Waals surface area (Å²) in [5, 5.41) is 3.47. The Balaban J connectivity index is 1.85. The van der Waals surface area contributed by atoms with Gasteiger partial charge in [-0.25, -0.2) is 0 Å². The minimum Gasteiger partial charge on any atom is -0.453 e. The highest BCUT2D eigenvalue weighted by molar-refractivity contribution is 9.10. The lowest BCUT2D eigenvalue weighted by molar-refractivity contribution is 0.441. The summed E-state index contributed by atoms with van der Waals surface area (Å²) in [5.41, 5.74) is 2.75. The molecule has 1 heterocycles. The van der Waals surface area contributed by atoms with E-state index in [9.17, 15) is 0 Å². The fourth-order valence-electron chi connectivity index (χ4n) is 1.96. The molecular formula is C15H18BrNO. The highest BCUT2D eigenvalue weighted by atomic mass is 79.9. The van der Waals surface area contributed by atoms with Crippen molar-refractivity contribution in [1.29, 1.82) is 0 Å². The van der Waals surface area contributed by atoms with E-state index in [4.69, 9.17) is 4.42 Å². The molecule has 0 aliphatic heterocycles. The number of hydrogen-bond donors (Lipinski definition) is 1. The molecule has 96 valence electrons. The average molecular weight is 308 g/mol. The van der Waals surface area contributed by atoms with Crippen molar-refractivity contribution in [3.8, 4) is 0 Å². The van der Waals surface area contributed by atoms with Crippen LogP contribution in [0.25, 0.3) is 0 Å². The molecule has 0 saturated carbocycles. The molecule has 2 rings (SSSR count). The second-order valence-corrected chi connectivity index (χ2v) is 5.40. The van der Waals surface area contributed by atoms with Crippen LogP contribution in [0, 0.1) is 6.92 Å². The second-order valence-electron chi connectivity index (χ2n) is 4.62. The first-order chi connectivity index (χ1) is 8.65. The van der Waals surface area contributed by atoms with E-state index in [1.54, 1.807) is 0 Å². The van der Waals surface area contributed by atoms with Gasteiger partial charge in [0.25, 0.3) is 0 Å². The summed E-state index contributed by atoms with van der Waals surface area (Å²) in [6, 6.07) is 12.9. The average Bonchev–Trinajstić information content (AvgIpc) is 2.76. The maximum Gasteiger partial charge on any atom is 0.169 e. The molecule has 0 amide bonds. The van der Waals surface area contributed by atoms with Crippen LogP contribution in [-0.2, 0) is 13.0 Å². The summed E-state index contributed by atoms with van der Waals surface area (Å²) >= 11 is 3.31. The molecule has 0 spiro atoms. The summed E-state index contributed by atoms with van der Waals surface area (Å²) in [4.78, 5) is 0. The number of benzene rings is 1. The van der Waals surface area contributed by atoms with Gasteiger partial charge in [-0.3, -0.25) is 0 Å². The summed E-state index contributed by atoms with van der Waals surface area (Å²) in [6.07, 6.45) is 1.04. The van der Waals surface area contributed by atoms with Gasteiger partial charge in [-0.05, 0) is 59.5 Å². The minimum atomic E-state index is 0.426. The van der Waals surface area contributed by atoms with E-state index >= 15 is 0 Å². The molecular weight excluding hydrogens is 290 g/mol. The van der Waals surface area contributed by atoms with Crippen molar-refractivity contribution >= 4 is 15.9 Å². The van der Waals surface area contributed by atoms with Gasteiger partial charge in [0.2, 0.25) is 0 Å². The molecule has 3 heteroatoms. The molecule has 1 aromatic heterocycles. The van der Waals surface area contributed by atoms with Gasteiger partial charge in [0.05, 0.1) is 6.54 Å². The predicted molar refractivity (Wildman–Crippen MR) is 77.6 cm³/mol. The Morgan fingerprint density at radius 3 is 2.67 bits per heavy atom. The third kappa shape index (κ3) is 3.72. The lowest BCUT2D eigenvalue weighted by Gasteiger charge is -2.14. The van der Waals surface area contributed by atoms with E-state index in [0.29, 0.717) is 6.04 Å². The Labute approximate surface area is 117 Å². The Kier molecular flexibility index (Phi) is 4.61. The van der Waals surface area contributed by atoms with Crippen molar-refractivity contribution in [2.45, 2.75) is 32.9 Å². The van der Waals surface area contributed by atoms with Crippen molar-refractivity contribution in [2.75, 3.05) is 0 Å². The van der Waals surface area contributed by atoms with Crippen LogP contribution < -0.4 is 5.32 Å². The van der Waals surface area contributed by atoms with Crippen molar-refractivity contribution in [3.63, 3.8) is 0 Å². The zero-order valence-electron chi connectivity index (χ0n) is 10.7. The Hall–Kier alpha value is -1.06. The molecule has 0 saturated heterocycles. The molecule has 1 N–H and O–H groups in total. The fourth-order valence-corrected chi connectivity index (χ4v) is 2.30. The normalized spacial score (nSPS) is 12.6. The third-order valence-corrected chi connectivity index (χ3v) is 3.47. The molecule has 0 radical (unpaired) electrons. The Morgan fingerprint density at radius 1 is 1.22 bits per heavy atom. The predicted octanol–water partition coefficient (Wildman–Crippen LogP) is 4.07. The van der Waals surface area contributed by atoms with Gasteiger partial charge in [-0.1, -0.05) is 24.3 Å². The highest BCUT2D eigenvalue weighted by Crippen LogP contribution is 2.14. The number of furan rings is 1. The van der Waals surface area contributed by atoms with Gasteiger partial charge in [-0.2, -0.15) is 0 Å². The van der Waals surface area contributed by atoms with Gasteiger partial charge < -0.3 is 9.73 Å². The van der Waals surface area contributed by atoms with Gasteiger partial charge in [0, 0.05) is 6.04 Å². The van der Waals surface area contributed by atoms with Crippen molar-refractivity contribution in [2.24, 2.45) is 0 Å². The maximum atomic E-state index is 5.46. The van der Waals surface area contributed by atoms with Crippen molar-refractivity contribution in [3.05, 3.63) is 58.0 Å². The zero-order valence-corrected chi connectivity index (χ0v) is 12.3. The lowest BCUT2D eigenvalue weighted by atomic mass is 10.0. The highest BCUT2D eigenvalue weighted by Gasteiger charge is 2.06. The maximum absolute atomic E-state index is 5.46. The molecule has 0 fully saturated rings. The SMILES string of the molecule is Cc1ccccc1CC(C)NCc1ccc(Br)o1. The largest absolute Gasteiger partial charge is 0.453 e. The molecule has 1 atom stereocenters. The van der Waals surface area contributed by atoms with Gasteiger partial charge in [-0.15, -0.1) is 0 Å². The molecule has 1 unspecified atom stereocenters. The van der Waals surface area contributed by atoms with E-state index in [-0.39, 0.29) is 0 Å². The topological polar surface area (TPSA) is 25.2 Å². The van der Waals surface area contributed by atoms with Crippen LogP contribution in [0.3, 0.4) is 0 Å². The standard InChI is InChI=1S/C15H18BrNO/c1-11-5-3-4-6-13(11)9-12(2)17-10-14-7-8-15(16)18-14/h3-8,12,17H,9-10H2,1-2H3. The second kappa shape index (κ2) is 6.21. The first-order valence-electron chi connectivity index (χ1n) is 6.17. The summed E-state index contributed by atoms with van der Waals surface area (Å²) in [5.74, 6) is 0.957. The van der Waals surface area contributed by atoms with Crippen LogP contribution in [0.2, 0.25) is 0 Å². The third-order valence-electron chi connectivity index (χ3n) is 3.04. The van der Waals surface area contributed by atoms with Gasteiger partial charge in [0.15, 0.2) is 4.67 Å². The van der Waals surface area contributed by atoms with Crippen LogP contribution in [0.15, 0.2) is 45.5 Å². The number of hydrogen-bond acceptors (Lipinski definition) is 2. The number of aryl methyl sites for hydroxylation is 1. The fraction of sp³-hybridized carbons (Fsp3) is 0.333. The van der Waals surface area contributed by atoms with Crippen LogP contribution in [0.4, 0.5) is 0 Å². The van der Waals surface area contributed by atoms with Crippen LogP contribution >= 0.6 is 15.9 Å². The van der Waals surface area contributed by atoms with E-state index in [1.165, 1.54) is 11.1 Å². The lowest BCUT2D eigenvalue weighted by Crippen LogP contribution is -2.27. The van der Waals surface area contributed by atoms with Gasteiger partial charge >= 0.3 is 0 Å². The molecule has 18 heavy (non-hydrogen) atoms. The first kappa shape index (κ1) is 13.4. The summed E-state index contributed by atoms with van der Waals surface area (Å²) in [7, 11) is 0. The van der Waals surface area contributed by atoms with Crippen LogP contribution in [0.1, 0.15) is 23.8 Å². The summed E-state index contributed by atoms with van der Waals surface area (Å²) < 4.78 is 6.25. The monoisotopic (exact) mass is 307 g/mol. The van der Waals surface area contributed by atoms with Crippen LogP contribution in [-0.4, -0.2) is 6.04 Å². The molecule has 0 aliphatic carbocycles. The molecule has 0 aliphatic rings. The molecule has 2 aromatic rings. The van der Waals surface area contributed by atoms with E-state index in [0.717, 1.165) is 23.4 Å². The minimum absolute atomic E-state index is 0.426. The van der Waals surface area contributed by atoms with Crippen molar-refractivity contribution < 1.29 is 4.42 Å². The Bertz CT molecular complexity index is 507. The quantitative estimate of drug-likeness (QED) is 0.900.